The minimum Gasteiger partial charge on any atom is -0.377 e. The Morgan fingerprint density at radius 3 is 2.53 bits per heavy atom. The monoisotopic (exact) mass is 271 g/mol. The molecule has 0 heterocycles. The van der Waals surface area contributed by atoms with Crippen LogP contribution in [0.25, 0.3) is 0 Å². The lowest BCUT2D eigenvalue weighted by molar-refractivity contribution is -0.0102. The largest absolute Gasteiger partial charge is 0.377 e. The maximum Gasteiger partial charge on any atom is 0.129 e. The second kappa shape index (κ2) is 6.96. The average Bonchev–Trinajstić information content (AvgIpc) is 2.36. The molecule has 0 saturated carbocycles. The Kier molecular flexibility index (Phi) is 5.88. The maximum absolute atomic E-state index is 13.7. The van der Waals surface area contributed by atoms with Gasteiger partial charge in [-0.05, 0) is 44.9 Å². The molecule has 4 heteroatoms. The van der Waals surface area contributed by atoms with Gasteiger partial charge in [0.15, 0.2) is 0 Å². The second-order valence-electron chi connectivity index (χ2n) is 5.25. The summed E-state index contributed by atoms with van der Waals surface area (Å²) in [5.74, 6) is -1.06. The Morgan fingerprint density at radius 2 is 2.00 bits per heavy atom. The molecule has 0 radical (unpaired) electrons. The van der Waals surface area contributed by atoms with E-state index in [9.17, 15) is 8.78 Å². The van der Waals surface area contributed by atoms with Crippen LogP contribution in [0.4, 0.5) is 8.78 Å². The lowest BCUT2D eigenvalue weighted by Gasteiger charge is -2.34. The van der Waals surface area contributed by atoms with Crippen molar-refractivity contribution in [2.24, 2.45) is 0 Å². The van der Waals surface area contributed by atoms with Crippen LogP contribution in [0.15, 0.2) is 18.2 Å². The van der Waals surface area contributed by atoms with Gasteiger partial charge in [-0.3, -0.25) is 0 Å². The highest BCUT2D eigenvalue weighted by Gasteiger charge is 2.29. The fourth-order valence-electron chi connectivity index (χ4n) is 1.93. The van der Waals surface area contributed by atoms with Gasteiger partial charge in [-0.15, -0.1) is 0 Å². The summed E-state index contributed by atoms with van der Waals surface area (Å²) in [6, 6.07) is 3.68. The van der Waals surface area contributed by atoms with Gasteiger partial charge in [0.2, 0.25) is 0 Å². The Bertz CT molecular complexity index is 407. The molecule has 0 amide bonds. The molecule has 0 aromatic heterocycles. The van der Waals surface area contributed by atoms with Crippen molar-refractivity contribution >= 4 is 0 Å². The van der Waals surface area contributed by atoms with Crippen molar-refractivity contribution < 1.29 is 13.5 Å². The molecule has 0 saturated heterocycles. The van der Waals surface area contributed by atoms with Crippen molar-refractivity contribution in [3.8, 4) is 0 Å². The molecule has 2 nitrogen and oxygen atoms in total. The SMILES string of the molecule is CCCNC(Cc1ccc(F)cc1F)C(C)(C)OC. The lowest BCUT2D eigenvalue weighted by atomic mass is 9.91. The van der Waals surface area contributed by atoms with E-state index in [1.54, 1.807) is 7.11 Å². The predicted octanol–water partition coefficient (Wildman–Crippen LogP) is 3.30. The summed E-state index contributed by atoms with van der Waals surface area (Å²) in [7, 11) is 1.64. The first-order valence-electron chi connectivity index (χ1n) is 6.63. The lowest BCUT2D eigenvalue weighted by Crippen LogP contribution is -2.49. The highest BCUT2D eigenvalue weighted by molar-refractivity contribution is 5.20. The normalized spacial score (nSPS) is 13.6. The standard InChI is InChI=1S/C15H23F2NO/c1-5-8-18-14(15(2,3)19-4)9-11-6-7-12(16)10-13(11)17/h6-7,10,14,18H,5,8-9H2,1-4H3. The van der Waals surface area contributed by atoms with Gasteiger partial charge in [-0.1, -0.05) is 13.0 Å². The highest BCUT2D eigenvalue weighted by atomic mass is 19.1. The first-order valence-corrected chi connectivity index (χ1v) is 6.63. The molecule has 1 rings (SSSR count). The zero-order valence-corrected chi connectivity index (χ0v) is 12.1. The number of hydrogen-bond acceptors (Lipinski definition) is 2. The van der Waals surface area contributed by atoms with Gasteiger partial charge in [0.25, 0.3) is 0 Å². The zero-order chi connectivity index (χ0) is 14.5. The third-order valence-electron chi connectivity index (χ3n) is 3.45. The summed E-state index contributed by atoms with van der Waals surface area (Å²) >= 11 is 0. The van der Waals surface area contributed by atoms with Crippen LogP contribution in [-0.2, 0) is 11.2 Å². The van der Waals surface area contributed by atoms with Crippen LogP contribution in [0.3, 0.4) is 0 Å². The van der Waals surface area contributed by atoms with E-state index in [1.165, 1.54) is 12.1 Å². The Balaban J connectivity index is 2.87. The second-order valence-corrected chi connectivity index (χ2v) is 5.25. The van der Waals surface area contributed by atoms with E-state index in [4.69, 9.17) is 4.74 Å². The molecular formula is C15H23F2NO. The van der Waals surface area contributed by atoms with Gasteiger partial charge in [0.05, 0.1) is 5.60 Å². The van der Waals surface area contributed by atoms with Gasteiger partial charge in [-0.25, -0.2) is 8.78 Å². The van der Waals surface area contributed by atoms with Crippen molar-refractivity contribution in [1.29, 1.82) is 0 Å². The van der Waals surface area contributed by atoms with Crippen molar-refractivity contribution in [2.45, 2.75) is 45.3 Å². The fourth-order valence-corrected chi connectivity index (χ4v) is 1.93. The van der Waals surface area contributed by atoms with E-state index in [0.29, 0.717) is 12.0 Å². The smallest absolute Gasteiger partial charge is 0.129 e. The van der Waals surface area contributed by atoms with E-state index in [1.807, 2.05) is 13.8 Å². The maximum atomic E-state index is 13.7. The molecule has 19 heavy (non-hydrogen) atoms. The number of hydrogen-bond donors (Lipinski definition) is 1. The van der Waals surface area contributed by atoms with Crippen LogP contribution in [-0.4, -0.2) is 25.3 Å². The minimum atomic E-state index is -0.551. The minimum absolute atomic E-state index is 0.0302. The average molecular weight is 271 g/mol. The van der Waals surface area contributed by atoms with Crippen LogP contribution in [0, 0.1) is 11.6 Å². The molecule has 1 unspecified atom stereocenters. The van der Waals surface area contributed by atoms with Crippen LogP contribution < -0.4 is 5.32 Å². The van der Waals surface area contributed by atoms with Gasteiger partial charge in [-0.2, -0.15) is 0 Å². The topological polar surface area (TPSA) is 21.3 Å². The summed E-state index contributed by atoms with van der Waals surface area (Å²) in [5, 5.41) is 3.37. The third kappa shape index (κ3) is 4.55. The molecule has 0 bridgehead atoms. The fraction of sp³-hybridized carbons (Fsp3) is 0.600. The number of methoxy groups -OCH3 is 1. The Morgan fingerprint density at radius 1 is 1.32 bits per heavy atom. The molecule has 0 fully saturated rings. The predicted molar refractivity (Wildman–Crippen MR) is 73.2 cm³/mol. The molecule has 1 N–H and O–H groups in total. The molecule has 1 aromatic rings. The number of rotatable bonds is 7. The van der Waals surface area contributed by atoms with Crippen molar-refractivity contribution in [1.82, 2.24) is 5.32 Å². The van der Waals surface area contributed by atoms with Crippen LogP contribution in [0.2, 0.25) is 0 Å². The number of halogens is 2. The quantitative estimate of drug-likeness (QED) is 0.821. The molecule has 0 aliphatic heterocycles. The number of nitrogens with one attached hydrogen (secondary N) is 1. The highest BCUT2D eigenvalue weighted by Crippen LogP contribution is 2.20. The molecule has 1 aromatic carbocycles. The van der Waals surface area contributed by atoms with E-state index >= 15 is 0 Å². The van der Waals surface area contributed by atoms with Gasteiger partial charge < -0.3 is 10.1 Å². The summed E-state index contributed by atoms with van der Waals surface area (Å²) in [6.45, 7) is 6.83. The van der Waals surface area contributed by atoms with Crippen molar-refractivity contribution in [2.75, 3.05) is 13.7 Å². The molecule has 0 spiro atoms. The molecule has 0 aliphatic rings. The molecular weight excluding hydrogens is 248 g/mol. The first kappa shape index (κ1) is 16.1. The Labute approximate surface area is 114 Å². The molecule has 1 atom stereocenters. The summed E-state index contributed by atoms with van der Waals surface area (Å²) in [6.07, 6.45) is 1.45. The van der Waals surface area contributed by atoms with Crippen molar-refractivity contribution in [3.63, 3.8) is 0 Å². The third-order valence-corrected chi connectivity index (χ3v) is 3.45. The van der Waals surface area contributed by atoms with Crippen LogP contribution in [0.1, 0.15) is 32.8 Å². The number of ether oxygens (including phenoxy) is 1. The van der Waals surface area contributed by atoms with E-state index < -0.39 is 17.2 Å². The van der Waals surface area contributed by atoms with Gasteiger partial charge >= 0.3 is 0 Å². The van der Waals surface area contributed by atoms with Crippen molar-refractivity contribution in [3.05, 3.63) is 35.4 Å². The molecule has 108 valence electrons. The zero-order valence-electron chi connectivity index (χ0n) is 12.1. The van der Waals surface area contributed by atoms with E-state index in [-0.39, 0.29) is 6.04 Å². The van der Waals surface area contributed by atoms with E-state index in [2.05, 4.69) is 12.2 Å². The van der Waals surface area contributed by atoms with Crippen LogP contribution in [0.5, 0.6) is 0 Å². The summed E-state index contributed by atoms with van der Waals surface area (Å²) in [5.41, 5.74) is 0.0795. The van der Waals surface area contributed by atoms with Gasteiger partial charge in [0.1, 0.15) is 11.6 Å². The first-order chi connectivity index (χ1) is 8.90. The van der Waals surface area contributed by atoms with E-state index in [0.717, 1.165) is 19.0 Å². The van der Waals surface area contributed by atoms with Crippen LogP contribution >= 0.6 is 0 Å². The summed E-state index contributed by atoms with van der Waals surface area (Å²) < 4.78 is 32.1. The summed E-state index contributed by atoms with van der Waals surface area (Å²) in [4.78, 5) is 0. The number of benzene rings is 1. The Hall–Kier alpha value is -1.00. The molecule has 0 aliphatic carbocycles. The van der Waals surface area contributed by atoms with Gasteiger partial charge in [0, 0.05) is 19.2 Å².